The van der Waals surface area contributed by atoms with Crippen molar-refractivity contribution in [3.8, 4) is 11.3 Å². The zero-order valence-corrected chi connectivity index (χ0v) is 12.4. The molecule has 0 spiro atoms. The van der Waals surface area contributed by atoms with E-state index < -0.39 is 0 Å². The molecule has 0 radical (unpaired) electrons. The summed E-state index contributed by atoms with van der Waals surface area (Å²) < 4.78 is 0. The Kier molecular flexibility index (Phi) is 3.83. The van der Waals surface area contributed by atoms with Gasteiger partial charge in [0.25, 0.3) is 5.91 Å². The molecule has 0 bridgehead atoms. The van der Waals surface area contributed by atoms with Gasteiger partial charge in [-0.1, -0.05) is 13.0 Å². The van der Waals surface area contributed by atoms with Crippen LogP contribution in [0.3, 0.4) is 0 Å². The molecule has 0 unspecified atom stereocenters. The first-order valence-electron chi connectivity index (χ1n) is 7.03. The molecule has 0 atom stereocenters. The fourth-order valence-electron chi connectivity index (χ4n) is 2.50. The summed E-state index contributed by atoms with van der Waals surface area (Å²) in [4.78, 5) is 18.9. The number of pyridine rings is 1. The molecule has 3 rings (SSSR count). The summed E-state index contributed by atoms with van der Waals surface area (Å²) >= 11 is 1.64. The summed E-state index contributed by atoms with van der Waals surface area (Å²) in [7, 11) is 0. The van der Waals surface area contributed by atoms with Crippen LogP contribution in [0.5, 0.6) is 0 Å². The van der Waals surface area contributed by atoms with Gasteiger partial charge in [-0.15, -0.1) is 0 Å². The van der Waals surface area contributed by atoms with E-state index in [4.69, 9.17) is 0 Å². The highest BCUT2D eigenvalue weighted by Crippen LogP contribution is 2.22. The lowest BCUT2D eigenvalue weighted by Crippen LogP contribution is -2.38. The van der Waals surface area contributed by atoms with Crippen LogP contribution in [0.4, 0.5) is 0 Å². The van der Waals surface area contributed by atoms with Crippen molar-refractivity contribution in [3.63, 3.8) is 0 Å². The van der Waals surface area contributed by atoms with Crippen molar-refractivity contribution in [1.29, 1.82) is 0 Å². The Morgan fingerprint density at radius 2 is 2.10 bits per heavy atom. The first-order chi connectivity index (χ1) is 9.74. The van der Waals surface area contributed by atoms with Crippen LogP contribution >= 0.6 is 11.3 Å². The van der Waals surface area contributed by atoms with Crippen LogP contribution in [0.15, 0.2) is 35.0 Å². The van der Waals surface area contributed by atoms with E-state index in [1.807, 2.05) is 34.5 Å². The van der Waals surface area contributed by atoms with Crippen molar-refractivity contribution in [3.05, 3.63) is 40.7 Å². The van der Waals surface area contributed by atoms with Gasteiger partial charge in [0, 0.05) is 24.0 Å². The number of rotatable bonds is 2. The quantitative estimate of drug-likeness (QED) is 0.843. The SMILES string of the molecule is CC1CCN(C(=O)c2cccc(-c3ccsc3)n2)CC1. The Labute approximate surface area is 123 Å². The molecule has 3 heterocycles. The summed E-state index contributed by atoms with van der Waals surface area (Å²) in [5.74, 6) is 0.790. The topological polar surface area (TPSA) is 33.2 Å². The molecule has 1 aliphatic heterocycles. The van der Waals surface area contributed by atoms with E-state index in [9.17, 15) is 4.79 Å². The Morgan fingerprint density at radius 3 is 2.80 bits per heavy atom. The van der Waals surface area contributed by atoms with Gasteiger partial charge in [-0.25, -0.2) is 4.98 Å². The number of carbonyl (C=O) groups excluding carboxylic acids is 1. The molecule has 1 fully saturated rings. The number of nitrogens with zero attached hydrogens (tertiary/aromatic N) is 2. The van der Waals surface area contributed by atoms with Gasteiger partial charge in [-0.3, -0.25) is 4.79 Å². The zero-order chi connectivity index (χ0) is 13.9. The van der Waals surface area contributed by atoms with E-state index >= 15 is 0 Å². The second-order valence-electron chi connectivity index (χ2n) is 5.39. The Morgan fingerprint density at radius 1 is 1.30 bits per heavy atom. The lowest BCUT2D eigenvalue weighted by atomic mass is 9.99. The standard InChI is InChI=1S/C16H18N2OS/c1-12-5-8-18(9-6-12)16(19)15-4-2-3-14(17-15)13-7-10-20-11-13/h2-4,7,10-12H,5-6,8-9H2,1H3. The Bertz CT molecular complexity index is 586. The van der Waals surface area contributed by atoms with Crippen LogP contribution in [0.25, 0.3) is 11.3 Å². The first kappa shape index (κ1) is 13.3. The van der Waals surface area contributed by atoms with Crippen LogP contribution in [-0.2, 0) is 0 Å². The normalized spacial score (nSPS) is 16.4. The van der Waals surface area contributed by atoms with E-state index in [1.54, 1.807) is 11.3 Å². The average molecular weight is 286 g/mol. The predicted molar refractivity (Wildman–Crippen MR) is 81.9 cm³/mol. The molecule has 1 saturated heterocycles. The highest BCUT2D eigenvalue weighted by atomic mass is 32.1. The number of thiophene rings is 1. The van der Waals surface area contributed by atoms with Gasteiger partial charge < -0.3 is 4.90 Å². The highest BCUT2D eigenvalue weighted by Gasteiger charge is 2.22. The summed E-state index contributed by atoms with van der Waals surface area (Å²) in [6.45, 7) is 3.95. The molecule has 0 aliphatic carbocycles. The summed E-state index contributed by atoms with van der Waals surface area (Å²) in [6.07, 6.45) is 2.19. The number of amides is 1. The fourth-order valence-corrected chi connectivity index (χ4v) is 3.15. The minimum absolute atomic E-state index is 0.0639. The molecular weight excluding hydrogens is 268 g/mol. The maximum absolute atomic E-state index is 12.5. The smallest absolute Gasteiger partial charge is 0.272 e. The molecule has 2 aromatic heterocycles. The van der Waals surface area contributed by atoms with Crippen molar-refractivity contribution in [2.45, 2.75) is 19.8 Å². The molecule has 3 nitrogen and oxygen atoms in total. The van der Waals surface area contributed by atoms with Crippen LogP contribution in [0, 0.1) is 5.92 Å². The highest BCUT2D eigenvalue weighted by molar-refractivity contribution is 7.08. The zero-order valence-electron chi connectivity index (χ0n) is 11.6. The van der Waals surface area contributed by atoms with E-state index in [0.717, 1.165) is 43.1 Å². The number of piperidine rings is 1. The van der Waals surface area contributed by atoms with Crippen molar-refractivity contribution in [2.24, 2.45) is 5.92 Å². The monoisotopic (exact) mass is 286 g/mol. The molecule has 1 amide bonds. The lowest BCUT2D eigenvalue weighted by molar-refractivity contribution is 0.0691. The predicted octanol–water partition coefficient (Wildman–Crippen LogP) is 3.68. The van der Waals surface area contributed by atoms with Gasteiger partial charge in [-0.05, 0) is 42.3 Å². The number of hydrogen-bond donors (Lipinski definition) is 0. The minimum atomic E-state index is 0.0639. The lowest BCUT2D eigenvalue weighted by Gasteiger charge is -2.30. The summed E-state index contributed by atoms with van der Waals surface area (Å²) in [6, 6.07) is 7.72. The molecule has 2 aromatic rings. The number of hydrogen-bond acceptors (Lipinski definition) is 3. The van der Waals surface area contributed by atoms with Gasteiger partial charge in [-0.2, -0.15) is 11.3 Å². The second kappa shape index (κ2) is 5.75. The van der Waals surface area contributed by atoms with Crippen molar-refractivity contribution >= 4 is 17.2 Å². The van der Waals surface area contributed by atoms with Crippen molar-refractivity contribution < 1.29 is 4.79 Å². The van der Waals surface area contributed by atoms with Crippen LogP contribution in [-0.4, -0.2) is 28.9 Å². The van der Waals surface area contributed by atoms with E-state index in [0.29, 0.717) is 5.69 Å². The Hall–Kier alpha value is -1.68. The largest absolute Gasteiger partial charge is 0.337 e. The molecular formula is C16H18N2OS. The molecule has 0 saturated carbocycles. The summed E-state index contributed by atoms with van der Waals surface area (Å²) in [5, 5.41) is 4.08. The average Bonchev–Trinajstić information content (AvgIpc) is 3.02. The van der Waals surface area contributed by atoms with Gasteiger partial charge in [0.15, 0.2) is 0 Å². The third-order valence-electron chi connectivity index (χ3n) is 3.86. The van der Waals surface area contributed by atoms with E-state index in [2.05, 4.69) is 17.3 Å². The van der Waals surface area contributed by atoms with Gasteiger partial charge in [0.2, 0.25) is 0 Å². The van der Waals surface area contributed by atoms with E-state index in [1.165, 1.54) is 0 Å². The minimum Gasteiger partial charge on any atom is -0.337 e. The van der Waals surface area contributed by atoms with Gasteiger partial charge in [0.05, 0.1) is 5.69 Å². The van der Waals surface area contributed by atoms with E-state index in [-0.39, 0.29) is 5.91 Å². The van der Waals surface area contributed by atoms with Gasteiger partial charge in [0.1, 0.15) is 5.69 Å². The molecule has 4 heteroatoms. The van der Waals surface area contributed by atoms with Gasteiger partial charge >= 0.3 is 0 Å². The van der Waals surface area contributed by atoms with Crippen LogP contribution in [0.2, 0.25) is 0 Å². The molecule has 0 aromatic carbocycles. The van der Waals surface area contributed by atoms with Crippen molar-refractivity contribution in [2.75, 3.05) is 13.1 Å². The molecule has 1 aliphatic rings. The maximum Gasteiger partial charge on any atom is 0.272 e. The number of carbonyl (C=O) groups is 1. The number of likely N-dealkylation sites (tertiary alicyclic amines) is 1. The van der Waals surface area contributed by atoms with Crippen molar-refractivity contribution in [1.82, 2.24) is 9.88 Å². The summed E-state index contributed by atoms with van der Waals surface area (Å²) in [5.41, 5.74) is 2.52. The Balaban J connectivity index is 1.80. The third kappa shape index (κ3) is 2.75. The van der Waals surface area contributed by atoms with Crippen LogP contribution < -0.4 is 0 Å². The van der Waals surface area contributed by atoms with Crippen LogP contribution in [0.1, 0.15) is 30.3 Å². The third-order valence-corrected chi connectivity index (χ3v) is 4.54. The molecule has 0 N–H and O–H groups in total. The fraction of sp³-hybridized carbons (Fsp3) is 0.375. The maximum atomic E-state index is 12.5. The molecule has 104 valence electrons. The second-order valence-corrected chi connectivity index (χ2v) is 6.17. The first-order valence-corrected chi connectivity index (χ1v) is 7.97. The molecule has 20 heavy (non-hydrogen) atoms. The number of aromatic nitrogens is 1.